The minimum absolute atomic E-state index is 0.164. The zero-order valence-corrected chi connectivity index (χ0v) is 20.2. The Morgan fingerprint density at radius 2 is 0.941 bits per heavy atom. The molecule has 6 rings (SSSR count). The molecule has 2 heterocycles. The molecule has 2 amide bonds. The summed E-state index contributed by atoms with van der Waals surface area (Å²) in [6, 6.07) is 33.1. The number of nitrogens with one attached hydrogen (secondary N) is 2. The monoisotopic (exact) mass is 480 g/mol. The van der Waals surface area contributed by atoms with Crippen LogP contribution in [0.1, 0.15) is 45.5 Å². The molecule has 168 valence electrons. The first-order valence-electron chi connectivity index (χ1n) is 11.4. The van der Waals surface area contributed by atoms with Gasteiger partial charge in [-0.2, -0.15) is 0 Å². The molecule has 0 fully saturated rings. The van der Waals surface area contributed by atoms with Crippen molar-refractivity contribution in [3.8, 4) is 0 Å². The molecule has 0 saturated carbocycles. The van der Waals surface area contributed by atoms with E-state index in [0.717, 1.165) is 33.8 Å². The molecule has 0 aliphatic carbocycles. The summed E-state index contributed by atoms with van der Waals surface area (Å²) in [6.07, 6.45) is 0. The number of hydrogen-bond donors (Lipinski definition) is 2. The Labute approximate surface area is 208 Å². The van der Waals surface area contributed by atoms with Gasteiger partial charge in [0.1, 0.15) is 0 Å². The summed E-state index contributed by atoms with van der Waals surface area (Å²) in [4.78, 5) is 16.0. The normalized spacial score (nSPS) is 18.2. The summed E-state index contributed by atoms with van der Waals surface area (Å²) < 4.78 is 0. The molecule has 2 N–H and O–H groups in total. The molecule has 0 bridgehead atoms. The molecule has 2 aliphatic heterocycles. The molecule has 0 unspecified atom stereocenters. The van der Waals surface area contributed by atoms with Gasteiger partial charge in [-0.15, -0.1) is 23.5 Å². The van der Waals surface area contributed by atoms with E-state index in [-0.39, 0.29) is 18.1 Å². The van der Waals surface area contributed by atoms with Crippen LogP contribution >= 0.6 is 23.5 Å². The van der Waals surface area contributed by atoms with Crippen LogP contribution in [0.3, 0.4) is 0 Å². The van der Waals surface area contributed by atoms with E-state index in [1.54, 1.807) is 0 Å². The molecule has 3 nitrogen and oxygen atoms in total. The Morgan fingerprint density at radius 3 is 1.41 bits per heavy atom. The van der Waals surface area contributed by atoms with Gasteiger partial charge in [0.25, 0.3) is 0 Å². The third-order valence-electron chi connectivity index (χ3n) is 6.51. The average molecular weight is 481 g/mol. The molecule has 0 radical (unpaired) electrons. The van der Waals surface area contributed by atoms with E-state index in [1.165, 1.54) is 20.9 Å². The predicted octanol–water partition coefficient (Wildman–Crippen LogP) is 7.08. The zero-order valence-electron chi connectivity index (χ0n) is 18.5. The number of urea groups is 1. The molecule has 34 heavy (non-hydrogen) atoms. The first-order valence-corrected chi connectivity index (χ1v) is 13.4. The van der Waals surface area contributed by atoms with E-state index in [1.807, 2.05) is 23.5 Å². The minimum atomic E-state index is -0.201. The summed E-state index contributed by atoms with van der Waals surface area (Å²) in [5.74, 6) is 1.79. The molecule has 4 aromatic carbocycles. The van der Waals surface area contributed by atoms with Crippen molar-refractivity contribution in [2.45, 2.75) is 33.4 Å². The molecule has 2 atom stereocenters. The molecule has 2 aliphatic rings. The second kappa shape index (κ2) is 9.24. The van der Waals surface area contributed by atoms with Gasteiger partial charge in [0.15, 0.2) is 0 Å². The van der Waals surface area contributed by atoms with E-state index < -0.39 is 0 Å². The van der Waals surface area contributed by atoms with Crippen LogP contribution in [0.2, 0.25) is 0 Å². The highest BCUT2D eigenvalue weighted by Crippen LogP contribution is 2.41. The van der Waals surface area contributed by atoms with Crippen molar-refractivity contribution < 1.29 is 4.79 Å². The smallest absolute Gasteiger partial charge is 0.316 e. The fourth-order valence-corrected chi connectivity index (χ4v) is 7.06. The van der Waals surface area contributed by atoms with Crippen LogP contribution in [0.5, 0.6) is 0 Å². The zero-order chi connectivity index (χ0) is 22.9. The number of fused-ring (bicyclic) bond motifs is 4. The maximum absolute atomic E-state index is 13.6. The highest BCUT2D eigenvalue weighted by Gasteiger charge is 2.28. The minimum Gasteiger partial charge on any atom is -0.327 e. The van der Waals surface area contributed by atoms with Gasteiger partial charge in [0.05, 0.1) is 12.1 Å². The van der Waals surface area contributed by atoms with Crippen molar-refractivity contribution >= 4 is 29.6 Å². The lowest BCUT2D eigenvalue weighted by atomic mass is 9.94. The van der Waals surface area contributed by atoms with Crippen molar-refractivity contribution in [1.29, 1.82) is 0 Å². The predicted molar refractivity (Wildman–Crippen MR) is 140 cm³/mol. The highest BCUT2D eigenvalue weighted by atomic mass is 32.2. The number of hydrogen-bond acceptors (Lipinski definition) is 3. The number of amides is 2. The fraction of sp³-hybridized carbons (Fsp3) is 0.138. The van der Waals surface area contributed by atoms with Gasteiger partial charge < -0.3 is 10.6 Å². The molecule has 4 aromatic rings. The number of rotatable bonds is 2. The van der Waals surface area contributed by atoms with Crippen LogP contribution in [0.25, 0.3) is 0 Å². The van der Waals surface area contributed by atoms with Crippen molar-refractivity contribution in [2.24, 2.45) is 0 Å². The summed E-state index contributed by atoms with van der Waals surface area (Å²) in [7, 11) is 0. The average Bonchev–Trinajstić information content (AvgIpc) is 3.14. The quantitative estimate of drug-likeness (QED) is 0.322. The lowest BCUT2D eigenvalue weighted by Crippen LogP contribution is -2.41. The van der Waals surface area contributed by atoms with Crippen molar-refractivity contribution in [2.75, 3.05) is 0 Å². The Kier molecular flexibility index (Phi) is 5.81. The summed E-state index contributed by atoms with van der Waals surface area (Å²) in [5, 5.41) is 6.66. The van der Waals surface area contributed by atoms with Crippen LogP contribution in [0, 0.1) is 0 Å². The Bertz CT molecular complexity index is 1170. The topological polar surface area (TPSA) is 41.1 Å². The maximum atomic E-state index is 13.6. The van der Waals surface area contributed by atoms with E-state index in [4.69, 9.17) is 0 Å². The standard InChI is InChI=1S/C29H24N2OS2/c32-29(30-27-21-11-3-1-9-19(21)17-33-25-15-7-5-13-23(25)27)31-28-22-12-4-2-10-20(22)18-34-26-16-8-6-14-24(26)28/h1-16,27-28H,17-18H2,(H2,30,31,32)/t27-,28-/m1/s1. The van der Waals surface area contributed by atoms with E-state index in [9.17, 15) is 4.79 Å². The van der Waals surface area contributed by atoms with Crippen LogP contribution in [0.4, 0.5) is 4.79 Å². The fourth-order valence-electron chi connectivity index (χ4n) is 4.86. The van der Waals surface area contributed by atoms with Gasteiger partial charge in [-0.3, -0.25) is 0 Å². The SMILES string of the molecule is O=C(N[C@@H]1c2ccccc2CSc2ccccc21)N[C@@H]1c2ccccc2CSc2ccccc21. The second-order valence-electron chi connectivity index (χ2n) is 8.53. The first kappa shape index (κ1) is 21.4. The van der Waals surface area contributed by atoms with Crippen LogP contribution in [-0.2, 0) is 11.5 Å². The van der Waals surface area contributed by atoms with E-state index >= 15 is 0 Å². The molecule has 0 spiro atoms. The summed E-state index contributed by atoms with van der Waals surface area (Å²) in [6.45, 7) is 0. The summed E-state index contributed by atoms with van der Waals surface area (Å²) >= 11 is 3.66. The highest BCUT2D eigenvalue weighted by molar-refractivity contribution is 7.98. The number of carbonyl (C=O) groups excluding carboxylic acids is 1. The third-order valence-corrected chi connectivity index (χ3v) is 8.79. The van der Waals surface area contributed by atoms with E-state index in [2.05, 4.69) is 108 Å². The van der Waals surface area contributed by atoms with Gasteiger partial charge in [-0.1, -0.05) is 84.9 Å². The van der Waals surface area contributed by atoms with Gasteiger partial charge in [-0.05, 0) is 45.5 Å². The molecular formula is C29H24N2OS2. The second-order valence-corrected chi connectivity index (χ2v) is 10.6. The molecule has 0 saturated heterocycles. The van der Waals surface area contributed by atoms with Crippen molar-refractivity contribution in [1.82, 2.24) is 10.6 Å². The van der Waals surface area contributed by atoms with Gasteiger partial charge in [0.2, 0.25) is 0 Å². The number of benzene rings is 4. The van der Waals surface area contributed by atoms with Gasteiger partial charge in [0, 0.05) is 21.3 Å². The van der Waals surface area contributed by atoms with Crippen molar-refractivity contribution in [3.05, 3.63) is 130 Å². The number of thioether (sulfide) groups is 2. The van der Waals surface area contributed by atoms with Crippen LogP contribution < -0.4 is 10.6 Å². The van der Waals surface area contributed by atoms with Gasteiger partial charge >= 0.3 is 6.03 Å². The third kappa shape index (κ3) is 3.99. The molecular weight excluding hydrogens is 456 g/mol. The van der Waals surface area contributed by atoms with Crippen LogP contribution in [-0.4, -0.2) is 6.03 Å². The first-order chi connectivity index (χ1) is 16.8. The Balaban J connectivity index is 1.36. The number of carbonyl (C=O) groups is 1. The Hall–Kier alpha value is -3.15. The lowest BCUT2D eigenvalue weighted by molar-refractivity contribution is 0.236. The van der Waals surface area contributed by atoms with Crippen LogP contribution in [0.15, 0.2) is 107 Å². The summed E-state index contributed by atoms with van der Waals surface area (Å²) in [5.41, 5.74) is 7.13. The van der Waals surface area contributed by atoms with Gasteiger partial charge in [-0.25, -0.2) is 4.79 Å². The Morgan fingerprint density at radius 1 is 0.559 bits per heavy atom. The largest absolute Gasteiger partial charge is 0.327 e. The van der Waals surface area contributed by atoms with Crippen molar-refractivity contribution in [3.63, 3.8) is 0 Å². The lowest BCUT2D eigenvalue weighted by Gasteiger charge is -2.25. The molecule has 5 heteroatoms. The maximum Gasteiger partial charge on any atom is 0.316 e. The molecule has 0 aromatic heterocycles. The van der Waals surface area contributed by atoms with E-state index in [0.29, 0.717) is 0 Å².